The quantitative estimate of drug-likeness (QED) is 0.688. The van der Waals surface area contributed by atoms with Gasteiger partial charge in [-0.1, -0.05) is 12.8 Å². The summed E-state index contributed by atoms with van der Waals surface area (Å²) in [7, 11) is 0. The Hall–Kier alpha value is -1.28. The first-order chi connectivity index (χ1) is 10.1. The molecule has 0 bridgehead atoms. The van der Waals surface area contributed by atoms with Gasteiger partial charge in [-0.2, -0.15) is 11.8 Å². The molecule has 118 valence electrons. The topological polar surface area (TPSA) is 98.7 Å². The van der Waals surface area contributed by atoms with Gasteiger partial charge in [-0.05, 0) is 12.8 Å². The summed E-state index contributed by atoms with van der Waals surface area (Å²) in [5.74, 6) is -0.114. The SMILES string of the molecule is O=C(CN1CCSCC1C(=O)O)NC(=O)NC1CCCC1. The number of carbonyl (C=O) groups excluding carboxylic acids is 2. The summed E-state index contributed by atoms with van der Waals surface area (Å²) >= 11 is 1.56. The van der Waals surface area contributed by atoms with Crippen molar-refractivity contribution < 1.29 is 19.5 Å². The fraction of sp³-hybridized carbons (Fsp3) is 0.769. The molecule has 8 heteroatoms. The molecule has 1 heterocycles. The highest BCUT2D eigenvalue weighted by molar-refractivity contribution is 7.99. The number of carboxylic acids is 1. The molecule has 2 aliphatic rings. The van der Waals surface area contributed by atoms with Gasteiger partial charge in [0.1, 0.15) is 6.04 Å². The fourth-order valence-corrected chi connectivity index (χ4v) is 3.80. The van der Waals surface area contributed by atoms with E-state index in [2.05, 4.69) is 10.6 Å². The van der Waals surface area contributed by atoms with Crippen LogP contribution in [0.2, 0.25) is 0 Å². The predicted octanol–water partition coefficient (Wildman–Crippen LogP) is 0.257. The third-order valence-electron chi connectivity index (χ3n) is 3.81. The minimum atomic E-state index is -0.926. The minimum absolute atomic E-state index is 0.0599. The van der Waals surface area contributed by atoms with E-state index in [4.69, 9.17) is 5.11 Å². The molecule has 1 aliphatic heterocycles. The molecule has 3 amide bonds. The molecule has 2 rings (SSSR count). The van der Waals surface area contributed by atoms with Gasteiger partial charge in [0.15, 0.2) is 0 Å². The van der Waals surface area contributed by atoms with Crippen LogP contribution in [-0.2, 0) is 9.59 Å². The average Bonchev–Trinajstić information content (AvgIpc) is 2.91. The van der Waals surface area contributed by atoms with Crippen LogP contribution in [0.4, 0.5) is 4.79 Å². The summed E-state index contributed by atoms with van der Waals surface area (Å²) in [6, 6.07) is -0.992. The van der Waals surface area contributed by atoms with Crippen molar-refractivity contribution in [3.05, 3.63) is 0 Å². The lowest BCUT2D eigenvalue weighted by Crippen LogP contribution is -2.53. The van der Waals surface area contributed by atoms with Crippen molar-refractivity contribution >= 4 is 29.7 Å². The lowest BCUT2D eigenvalue weighted by Gasteiger charge is -2.31. The van der Waals surface area contributed by atoms with Gasteiger partial charge >= 0.3 is 12.0 Å². The number of hydrogen-bond donors (Lipinski definition) is 3. The molecule has 21 heavy (non-hydrogen) atoms. The number of imide groups is 1. The van der Waals surface area contributed by atoms with Crippen LogP contribution in [0, 0.1) is 0 Å². The summed E-state index contributed by atoms with van der Waals surface area (Å²) < 4.78 is 0. The number of hydrogen-bond acceptors (Lipinski definition) is 5. The van der Waals surface area contributed by atoms with E-state index in [9.17, 15) is 14.4 Å². The number of nitrogens with zero attached hydrogens (tertiary/aromatic N) is 1. The smallest absolute Gasteiger partial charge is 0.321 e. The largest absolute Gasteiger partial charge is 0.480 e. The zero-order valence-electron chi connectivity index (χ0n) is 11.8. The second-order valence-electron chi connectivity index (χ2n) is 5.40. The lowest BCUT2D eigenvalue weighted by molar-refractivity contribution is -0.142. The summed E-state index contributed by atoms with van der Waals surface area (Å²) in [6.07, 6.45) is 4.10. The second kappa shape index (κ2) is 7.65. The Bertz CT molecular complexity index is 412. The van der Waals surface area contributed by atoms with Crippen LogP contribution in [-0.4, -0.2) is 64.6 Å². The zero-order valence-corrected chi connectivity index (χ0v) is 12.7. The number of nitrogens with one attached hydrogen (secondary N) is 2. The van der Waals surface area contributed by atoms with Gasteiger partial charge in [-0.15, -0.1) is 0 Å². The Labute approximate surface area is 127 Å². The van der Waals surface area contributed by atoms with Crippen LogP contribution in [0.15, 0.2) is 0 Å². The molecule has 3 N–H and O–H groups in total. The van der Waals surface area contributed by atoms with Crippen molar-refractivity contribution in [1.29, 1.82) is 0 Å². The van der Waals surface area contributed by atoms with E-state index in [0.29, 0.717) is 12.3 Å². The number of rotatable bonds is 4. The maximum Gasteiger partial charge on any atom is 0.321 e. The molecule has 2 fully saturated rings. The van der Waals surface area contributed by atoms with E-state index in [0.717, 1.165) is 31.4 Å². The Kier molecular flexibility index (Phi) is 5.86. The van der Waals surface area contributed by atoms with Gasteiger partial charge in [-0.3, -0.25) is 19.8 Å². The van der Waals surface area contributed by atoms with Crippen LogP contribution >= 0.6 is 11.8 Å². The lowest BCUT2D eigenvalue weighted by atomic mass is 10.2. The van der Waals surface area contributed by atoms with Crippen LogP contribution in [0.1, 0.15) is 25.7 Å². The third-order valence-corrected chi connectivity index (χ3v) is 4.84. The first-order valence-electron chi connectivity index (χ1n) is 7.21. The maximum absolute atomic E-state index is 11.9. The van der Waals surface area contributed by atoms with Gasteiger partial charge in [0.2, 0.25) is 5.91 Å². The van der Waals surface area contributed by atoms with Crippen molar-refractivity contribution in [1.82, 2.24) is 15.5 Å². The third kappa shape index (κ3) is 4.89. The second-order valence-corrected chi connectivity index (χ2v) is 6.55. The van der Waals surface area contributed by atoms with Gasteiger partial charge in [0, 0.05) is 24.1 Å². The predicted molar refractivity (Wildman–Crippen MR) is 79.3 cm³/mol. The molecular formula is C13H21N3O4S. The molecule has 0 aromatic rings. The van der Waals surface area contributed by atoms with Crippen molar-refractivity contribution in [2.75, 3.05) is 24.6 Å². The molecule has 0 aromatic carbocycles. The van der Waals surface area contributed by atoms with E-state index in [1.165, 1.54) is 0 Å². The minimum Gasteiger partial charge on any atom is -0.480 e. The van der Waals surface area contributed by atoms with Gasteiger partial charge < -0.3 is 10.4 Å². The van der Waals surface area contributed by atoms with Gasteiger partial charge in [-0.25, -0.2) is 4.79 Å². The van der Waals surface area contributed by atoms with E-state index in [-0.39, 0.29) is 12.6 Å². The Morgan fingerprint density at radius 3 is 2.62 bits per heavy atom. The van der Waals surface area contributed by atoms with Crippen molar-refractivity contribution in [2.45, 2.75) is 37.8 Å². The summed E-state index contributed by atoms with van der Waals surface area (Å²) in [4.78, 5) is 36.3. The van der Waals surface area contributed by atoms with E-state index < -0.39 is 23.9 Å². The standard InChI is InChI=1S/C13H21N3O4S/c17-11(15-13(20)14-9-3-1-2-4-9)7-16-5-6-21-8-10(16)12(18)19/h9-10H,1-8H2,(H,18,19)(H2,14,15,17,20). The first kappa shape index (κ1) is 16.1. The number of carbonyl (C=O) groups is 3. The van der Waals surface area contributed by atoms with Crippen molar-refractivity contribution in [3.63, 3.8) is 0 Å². The van der Waals surface area contributed by atoms with Gasteiger partial charge in [0.25, 0.3) is 0 Å². The molecule has 1 saturated carbocycles. The number of aliphatic carboxylic acids is 1. The van der Waals surface area contributed by atoms with Crippen LogP contribution in [0.3, 0.4) is 0 Å². The Balaban J connectivity index is 1.77. The van der Waals surface area contributed by atoms with Crippen LogP contribution < -0.4 is 10.6 Å². The van der Waals surface area contributed by atoms with Crippen LogP contribution in [0.5, 0.6) is 0 Å². The summed E-state index contributed by atoms with van der Waals surface area (Å²) in [5, 5.41) is 14.2. The first-order valence-corrected chi connectivity index (χ1v) is 8.36. The average molecular weight is 315 g/mol. The Morgan fingerprint density at radius 2 is 1.95 bits per heavy atom. The summed E-state index contributed by atoms with van der Waals surface area (Å²) in [6.45, 7) is 0.481. The molecule has 1 aliphatic carbocycles. The van der Waals surface area contributed by atoms with E-state index in [1.807, 2.05) is 0 Å². The summed E-state index contributed by atoms with van der Waals surface area (Å²) in [5.41, 5.74) is 0. The number of thioether (sulfide) groups is 1. The fourth-order valence-electron chi connectivity index (χ4n) is 2.70. The van der Waals surface area contributed by atoms with E-state index in [1.54, 1.807) is 16.7 Å². The Morgan fingerprint density at radius 1 is 1.24 bits per heavy atom. The molecule has 1 saturated heterocycles. The molecule has 0 aromatic heterocycles. The highest BCUT2D eigenvalue weighted by Crippen LogP contribution is 2.17. The molecular weight excluding hydrogens is 294 g/mol. The monoisotopic (exact) mass is 315 g/mol. The van der Waals surface area contributed by atoms with E-state index >= 15 is 0 Å². The maximum atomic E-state index is 11.9. The molecule has 0 spiro atoms. The zero-order chi connectivity index (χ0) is 15.2. The number of carboxylic acid groups (broad SMARTS) is 1. The number of urea groups is 1. The normalized spacial score (nSPS) is 23.7. The van der Waals surface area contributed by atoms with Crippen molar-refractivity contribution in [2.24, 2.45) is 0 Å². The highest BCUT2D eigenvalue weighted by Gasteiger charge is 2.30. The van der Waals surface area contributed by atoms with Crippen LogP contribution in [0.25, 0.3) is 0 Å². The molecule has 1 unspecified atom stereocenters. The highest BCUT2D eigenvalue weighted by atomic mass is 32.2. The molecule has 1 atom stereocenters. The number of amides is 3. The molecule has 7 nitrogen and oxygen atoms in total. The molecule has 0 radical (unpaired) electrons. The van der Waals surface area contributed by atoms with Crippen molar-refractivity contribution in [3.8, 4) is 0 Å². The van der Waals surface area contributed by atoms with Gasteiger partial charge in [0.05, 0.1) is 6.54 Å².